The van der Waals surface area contributed by atoms with Crippen LogP contribution in [-0.2, 0) is 6.54 Å². The molecule has 0 radical (unpaired) electrons. The quantitative estimate of drug-likeness (QED) is 0.628. The van der Waals surface area contributed by atoms with Gasteiger partial charge in [0.25, 0.3) is 5.69 Å². The van der Waals surface area contributed by atoms with Crippen LogP contribution in [-0.4, -0.2) is 30.6 Å². The van der Waals surface area contributed by atoms with Crippen LogP contribution in [0.15, 0.2) is 36.4 Å². The van der Waals surface area contributed by atoms with Gasteiger partial charge < -0.3 is 20.1 Å². The van der Waals surface area contributed by atoms with Crippen molar-refractivity contribution in [3.63, 3.8) is 0 Å². The van der Waals surface area contributed by atoms with E-state index in [9.17, 15) is 14.9 Å². The van der Waals surface area contributed by atoms with Gasteiger partial charge in [-0.25, -0.2) is 0 Å². The van der Waals surface area contributed by atoms with E-state index in [1.807, 2.05) is 30.0 Å². The summed E-state index contributed by atoms with van der Waals surface area (Å²) in [5, 5.41) is 11.5. The summed E-state index contributed by atoms with van der Waals surface area (Å²) in [6, 6.07) is 9.88. The number of fused-ring (bicyclic) bond motifs is 1. The minimum absolute atomic E-state index is 0.107. The molecule has 1 amide bonds. The van der Waals surface area contributed by atoms with Gasteiger partial charge in [-0.2, -0.15) is 0 Å². The first-order valence-corrected chi connectivity index (χ1v) is 8.21. The number of benzene rings is 2. The van der Waals surface area contributed by atoms with Gasteiger partial charge in [0, 0.05) is 24.7 Å². The molecule has 2 N–H and O–H groups in total. The Morgan fingerprint density at radius 3 is 2.58 bits per heavy atom. The van der Waals surface area contributed by atoms with Crippen molar-refractivity contribution in [2.24, 2.45) is 5.73 Å². The van der Waals surface area contributed by atoms with Crippen molar-refractivity contribution >= 4 is 17.3 Å². The van der Waals surface area contributed by atoms with Gasteiger partial charge in [0.15, 0.2) is 11.5 Å². The second-order valence-corrected chi connectivity index (χ2v) is 5.82. The Morgan fingerprint density at radius 1 is 1.19 bits per heavy atom. The number of amides is 1. The second kappa shape index (κ2) is 7.30. The fraction of sp³-hybridized carbons (Fsp3) is 0.278. The summed E-state index contributed by atoms with van der Waals surface area (Å²) in [6.45, 7) is 3.92. The molecule has 8 heteroatoms. The lowest BCUT2D eigenvalue weighted by Gasteiger charge is -2.24. The fourth-order valence-electron chi connectivity index (χ4n) is 2.86. The lowest BCUT2D eigenvalue weighted by Crippen LogP contribution is -2.24. The molecule has 0 bridgehead atoms. The molecular weight excluding hydrogens is 338 g/mol. The average Bonchev–Trinajstić information content (AvgIpc) is 2.65. The zero-order valence-corrected chi connectivity index (χ0v) is 14.3. The number of ether oxygens (including phenoxy) is 2. The first-order chi connectivity index (χ1) is 12.5. The standard InChI is InChI=1S/C18H19N3O5/c1-2-20(11-12-3-6-16-17(9-12)26-8-7-25-16)14-5-4-13(18(19)22)10-15(14)21(23)24/h3-6,9-10H,2,7-8,11H2,1H3,(H2,19,22). The molecule has 0 aliphatic carbocycles. The molecule has 1 aliphatic heterocycles. The van der Waals surface area contributed by atoms with Crippen molar-refractivity contribution in [3.8, 4) is 11.5 Å². The smallest absolute Gasteiger partial charge is 0.293 e. The lowest BCUT2D eigenvalue weighted by atomic mass is 10.1. The van der Waals surface area contributed by atoms with Crippen molar-refractivity contribution in [1.82, 2.24) is 0 Å². The number of primary amides is 1. The molecular formula is C18H19N3O5. The van der Waals surface area contributed by atoms with Gasteiger partial charge in [0.2, 0.25) is 5.91 Å². The van der Waals surface area contributed by atoms with Gasteiger partial charge in [-0.05, 0) is 36.8 Å². The summed E-state index contributed by atoms with van der Waals surface area (Å²) in [7, 11) is 0. The van der Waals surface area contributed by atoms with Crippen molar-refractivity contribution in [2.45, 2.75) is 13.5 Å². The van der Waals surface area contributed by atoms with Gasteiger partial charge in [-0.3, -0.25) is 14.9 Å². The van der Waals surface area contributed by atoms with Crippen LogP contribution in [0.3, 0.4) is 0 Å². The number of nitro benzene ring substituents is 1. The molecule has 0 fully saturated rings. The molecule has 0 saturated carbocycles. The van der Waals surface area contributed by atoms with E-state index in [0.717, 1.165) is 5.56 Å². The normalized spacial score (nSPS) is 12.5. The lowest BCUT2D eigenvalue weighted by molar-refractivity contribution is -0.384. The Labute approximate surface area is 150 Å². The minimum Gasteiger partial charge on any atom is -0.486 e. The summed E-state index contributed by atoms with van der Waals surface area (Å²) >= 11 is 0. The number of nitrogens with two attached hydrogens (primary N) is 1. The van der Waals surface area contributed by atoms with E-state index in [1.165, 1.54) is 12.1 Å². The molecule has 0 aromatic heterocycles. The van der Waals surface area contributed by atoms with Gasteiger partial charge in [-0.15, -0.1) is 0 Å². The van der Waals surface area contributed by atoms with E-state index >= 15 is 0 Å². The third-order valence-corrected chi connectivity index (χ3v) is 4.16. The number of hydrogen-bond acceptors (Lipinski definition) is 6. The highest BCUT2D eigenvalue weighted by Crippen LogP contribution is 2.33. The molecule has 0 unspecified atom stereocenters. The minimum atomic E-state index is -0.700. The van der Waals surface area contributed by atoms with Crippen LogP contribution >= 0.6 is 0 Å². The Balaban J connectivity index is 1.91. The SMILES string of the molecule is CCN(Cc1ccc2c(c1)OCCO2)c1ccc(C(N)=O)cc1[N+](=O)[O-]. The Kier molecular flexibility index (Phi) is 4.92. The summed E-state index contributed by atoms with van der Waals surface area (Å²) in [4.78, 5) is 24.1. The van der Waals surface area contributed by atoms with Crippen LogP contribution in [0.4, 0.5) is 11.4 Å². The summed E-state index contributed by atoms with van der Waals surface area (Å²) < 4.78 is 11.1. The zero-order chi connectivity index (χ0) is 18.7. The van der Waals surface area contributed by atoms with Crippen LogP contribution < -0.4 is 20.1 Å². The number of nitro groups is 1. The highest BCUT2D eigenvalue weighted by Gasteiger charge is 2.21. The maximum atomic E-state index is 11.5. The van der Waals surface area contributed by atoms with Gasteiger partial charge in [-0.1, -0.05) is 6.07 Å². The number of hydrogen-bond donors (Lipinski definition) is 1. The van der Waals surface area contributed by atoms with Crippen molar-refractivity contribution in [2.75, 3.05) is 24.7 Å². The number of nitrogens with zero attached hydrogens (tertiary/aromatic N) is 2. The number of anilines is 1. The average molecular weight is 357 g/mol. The first kappa shape index (κ1) is 17.5. The number of carbonyl (C=O) groups excluding carboxylic acids is 1. The summed E-state index contributed by atoms with van der Waals surface area (Å²) in [6.07, 6.45) is 0. The molecule has 1 heterocycles. The van der Waals surface area contributed by atoms with Crippen molar-refractivity contribution in [3.05, 3.63) is 57.6 Å². The molecule has 2 aromatic rings. The van der Waals surface area contributed by atoms with E-state index in [1.54, 1.807) is 6.07 Å². The molecule has 8 nitrogen and oxygen atoms in total. The maximum absolute atomic E-state index is 11.5. The molecule has 0 atom stereocenters. The first-order valence-electron chi connectivity index (χ1n) is 8.21. The van der Waals surface area contributed by atoms with E-state index in [2.05, 4.69) is 0 Å². The molecule has 0 saturated heterocycles. The summed E-state index contributed by atoms with van der Waals surface area (Å²) in [5.74, 6) is 0.665. The Morgan fingerprint density at radius 2 is 1.92 bits per heavy atom. The van der Waals surface area contributed by atoms with Gasteiger partial charge in [0.1, 0.15) is 18.9 Å². The molecule has 3 rings (SSSR count). The van der Waals surface area contributed by atoms with Crippen LogP contribution in [0.25, 0.3) is 0 Å². The number of rotatable bonds is 6. The zero-order valence-electron chi connectivity index (χ0n) is 14.3. The Hall–Kier alpha value is -3.29. The third-order valence-electron chi connectivity index (χ3n) is 4.16. The van der Waals surface area contributed by atoms with E-state index in [-0.39, 0.29) is 11.3 Å². The number of carbonyl (C=O) groups is 1. The molecule has 2 aromatic carbocycles. The predicted octanol–water partition coefficient (Wildman–Crippen LogP) is 2.49. The fourth-order valence-corrected chi connectivity index (χ4v) is 2.86. The predicted molar refractivity (Wildman–Crippen MR) is 95.8 cm³/mol. The third kappa shape index (κ3) is 3.53. The van der Waals surface area contributed by atoms with E-state index in [0.29, 0.717) is 43.5 Å². The van der Waals surface area contributed by atoms with Crippen molar-refractivity contribution in [1.29, 1.82) is 0 Å². The van der Waals surface area contributed by atoms with Crippen LogP contribution in [0.2, 0.25) is 0 Å². The maximum Gasteiger partial charge on any atom is 0.293 e. The summed E-state index contributed by atoms with van der Waals surface area (Å²) in [5.41, 5.74) is 6.55. The van der Waals surface area contributed by atoms with Gasteiger partial charge >= 0.3 is 0 Å². The molecule has 1 aliphatic rings. The highest BCUT2D eigenvalue weighted by molar-refractivity contribution is 5.94. The largest absolute Gasteiger partial charge is 0.486 e. The second-order valence-electron chi connectivity index (χ2n) is 5.82. The van der Waals surface area contributed by atoms with E-state index in [4.69, 9.17) is 15.2 Å². The van der Waals surface area contributed by atoms with Crippen molar-refractivity contribution < 1.29 is 19.2 Å². The Bertz CT molecular complexity index is 853. The molecule has 26 heavy (non-hydrogen) atoms. The van der Waals surface area contributed by atoms with Gasteiger partial charge in [0.05, 0.1) is 4.92 Å². The van der Waals surface area contributed by atoms with Crippen LogP contribution in [0.1, 0.15) is 22.8 Å². The van der Waals surface area contributed by atoms with Crippen LogP contribution in [0.5, 0.6) is 11.5 Å². The van der Waals surface area contributed by atoms with E-state index < -0.39 is 10.8 Å². The monoisotopic (exact) mass is 357 g/mol. The highest BCUT2D eigenvalue weighted by atomic mass is 16.6. The topological polar surface area (TPSA) is 108 Å². The molecule has 0 spiro atoms. The molecule has 136 valence electrons. The van der Waals surface area contributed by atoms with Crippen LogP contribution in [0, 0.1) is 10.1 Å².